The van der Waals surface area contributed by atoms with Gasteiger partial charge in [0.25, 0.3) is 0 Å². The van der Waals surface area contributed by atoms with Crippen LogP contribution < -0.4 is 0 Å². The normalized spacial score (nSPS) is 25.9. The molecule has 1 N–H and O–H groups in total. The van der Waals surface area contributed by atoms with Crippen molar-refractivity contribution in [3.63, 3.8) is 0 Å². The average Bonchev–Trinajstić information content (AvgIpc) is 2.22. The third-order valence-electron chi connectivity index (χ3n) is 3.17. The van der Waals surface area contributed by atoms with Crippen molar-refractivity contribution in [2.24, 2.45) is 0 Å². The summed E-state index contributed by atoms with van der Waals surface area (Å²) >= 11 is 6.99. The lowest BCUT2D eigenvalue weighted by Gasteiger charge is -2.36. The van der Waals surface area contributed by atoms with E-state index in [9.17, 15) is 5.21 Å². The third-order valence-corrected chi connectivity index (χ3v) is 4.29. The Labute approximate surface area is 103 Å². The number of hydrogen-bond acceptors (Lipinski definition) is 2. The van der Waals surface area contributed by atoms with Crippen LogP contribution in [0.15, 0.2) is 11.1 Å². The average molecular weight is 327 g/mol. The van der Waals surface area contributed by atoms with E-state index in [2.05, 4.69) is 31.9 Å². The van der Waals surface area contributed by atoms with Crippen LogP contribution in [0.5, 0.6) is 0 Å². The smallest absolute Gasteiger partial charge is 0.0634 e. The molecule has 0 spiro atoms. The van der Waals surface area contributed by atoms with Crippen LogP contribution in [0.25, 0.3) is 0 Å². The lowest BCUT2D eigenvalue weighted by Crippen LogP contribution is -2.48. The second kappa shape index (κ2) is 3.89. The minimum Gasteiger partial charge on any atom is -0.312 e. The first-order chi connectivity index (χ1) is 6.30. The van der Waals surface area contributed by atoms with Crippen molar-refractivity contribution in [2.75, 3.05) is 10.7 Å². The summed E-state index contributed by atoms with van der Waals surface area (Å²) in [5.74, 6) is 0. The van der Waals surface area contributed by atoms with Crippen LogP contribution in [0.4, 0.5) is 0 Å². The van der Waals surface area contributed by atoms with Gasteiger partial charge in [-0.25, -0.2) is 0 Å². The second-order valence-electron chi connectivity index (χ2n) is 4.65. The lowest BCUT2D eigenvalue weighted by molar-refractivity contribution is -0.186. The molecule has 0 saturated heterocycles. The maximum absolute atomic E-state index is 10.1. The quantitative estimate of drug-likeness (QED) is 0.621. The van der Waals surface area contributed by atoms with Crippen molar-refractivity contribution in [1.82, 2.24) is 5.06 Å². The topological polar surface area (TPSA) is 23.5 Å². The number of halogens is 2. The van der Waals surface area contributed by atoms with Crippen LogP contribution >= 0.6 is 31.9 Å². The van der Waals surface area contributed by atoms with Gasteiger partial charge in [0.1, 0.15) is 0 Å². The predicted octanol–water partition coefficient (Wildman–Crippen LogP) is 3.33. The molecule has 0 aliphatic carbocycles. The zero-order valence-electron chi connectivity index (χ0n) is 9.06. The highest BCUT2D eigenvalue weighted by Gasteiger charge is 2.49. The Morgan fingerprint density at radius 3 is 1.50 bits per heavy atom. The highest BCUT2D eigenvalue weighted by molar-refractivity contribution is 9.09. The third kappa shape index (κ3) is 1.60. The van der Waals surface area contributed by atoms with E-state index in [1.54, 1.807) is 0 Å². The van der Waals surface area contributed by atoms with Crippen LogP contribution in [-0.2, 0) is 0 Å². The van der Waals surface area contributed by atoms with Crippen LogP contribution in [0.2, 0.25) is 0 Å². The summed E-state index contributed by atoms with van der Waals surface area (Å²) in [5.41, 5.74) is 1.97. The molecule has 0 aromatic rings. The summed E-state index contributed by atoms with van der Waals surface area (Å²) in [5, 5.41) is 13.2. The Hall–Kier alpha value is 0.620. The molecule has 0 bridgehead atoms. The van der Waals surface area contributed by atoms with Crippen molar-refractivity contribution in [3.05, 3.63) is 11.1 Å². The number of alkyl halides is 2. The minimum absolute atomic E-state index is 0.282. The Balaban J connectivity index is 3.28. The fraction of sp³-hybridized carbons (Fsp3) is 0.800. The van der Waals surface area contributed by atoms with Gasteiger partial charge in [0.05, 0.1) is 11.1 Å². The molecule has 82 valence electrons. The number of rotatable bonds is 2. The van der Waals surface area contributed by atoms with Gasteiger partial charge < -0.3 is 5.21 Å². The van der Waals surface area contributed by atoms with Crippen LogP contribution in [0.3, 0.4) is 0 Å². The maximum Gasteiger partial charge on any atom is 0.0634 e. The summed E-state index contributed by atoms with van der Waals surface area (Å²) < 4.78 is 0. The van der Waals surface area contributed by atoms with E-state index < -0.39 is 0 Å². The molecule has 0 aromatic heterocycles. The molecule has 0 saturated carbocycles. The molecular weight excluding hydrogens is 310 g/mol. The molecular formula is C10H17Br2NO. The molecule has 0 atom stereocenters. The van der Waals surface area contributed by atoms with E-state index >= 15 is 0 Å². The molecule has 0 amide bonds. The molecule has 14 heavy (non-hydrogen) atoms. The van der Waals surface area contributed by atoms with Crippen molar-refractivity contribution >= 4 is 31.9 Å². The molecule has 0 unspecified atom stereocenters. The van der Waals surface area contributed by atoms with Gasteiger partial charge in [-0.05, 0) is 38.8 Å². The molecule has 0 fully saturated rings. The number of hydrogen-bond donors (Lipinski definition) is 1. The SMILES string of the molecule is CC1(C)C(CBr)=C(CBr)C(C)(C)N1O. The maximum atomic E-state index is 10.1. The van der Waals surface area contributed by atoms with E-state index in [0.29, 0.717) is 0 Å². The second-order valence-corrected chi connectivity index (χ2v) is 5.78. The minimum atomic E-state index is -0.282. The molecule has 1 heterocycles. The summed E-state index contributed by atoms with van der Waals surface area (Å²) in [6.45, 7) is 8.17. The highest BCUT2D eigenvalue weighted by atomic mass is 79.9. The molecule has 1 rings (SSSR count). The summed E-state index contributed by atoms with van der Waals surface area (Å²) in [4.78, 5) is 0. The van der Waals surface area contributed by atoms with Gasteiger partial charge in [0, 0.05) is 10.7 Å². The van der Waals surface area contributed by atoms with Gasteiger partial charge in [-0.2, -0.15) is 5.06 Å². The van der Waals surface area contributed by atoms with Crippen molar-refractivity contribution < 1.29 is 5.21 Å². The van der Waals surface area contributed by atoms with E-state index in [1.807, 2.05) is 27.7 Å². The van der Waals surface area contributed by atoms with Gasteiger partial charge in [-0.1, -0.05) is 31.9 Å². The lowest BCUT2D eigenvalue weighted by atomic mass is 9.93. The summed E-state index contributed by atoms with van der Waals surface area (Å²) in [7, 11) is 0. The molecule has 4 heteroatoms. The van der Waals surface area contributed by atoms with Gasteiger partial charge in [0.2, 0.25) is 0 Å². The number of nitrogens with zero attached hydrogens (tertiary/aromatic N) is 1. The van der Waals surface area contributed by atoms with Crippen LogP contribution in [-0.4, -0.2) is 32.0 Å². The standard InChI is InChI=1S/C10H17Br2NO/c1-9(2)7(5-11)8(6-12)10(3,4)13(9)14/h14H,5-6H2,1-4H3. The van der Waals surface area contributed by atoms with E-state index in [4.69, 9.17) is 0 Å². The van der Waals surface area contributed by atoms with Gasteiger partial charge >= 0.3 is 0 Å². The number of hydroxylamine groups is 2. The first-order valence-electron chi connectivity index (χ1n) is 4.64. The Kier molecular flexibility index (Phi) is 3.52. The highest BCUT2D eigenvalue weighted by Crippen LogP contribution is 2.44. The van der Waals surface area contributed by atoms with Gasteiger partial charge in [-0.15, -0.1) is 0 Å². The predicted molar refractivity (Wildman–Crippen MR) is 66.4 cm³/mol. The molecule has 0 aromatic carbocycles. The van der Waals surface area contributed by atoms with Crippen molar-refractivity contribution in [2.45, 2.75) is 38.8 Å². The molecule has 1 aliphatic heterocycles. The summed E-state index contributed by atoms with van der Waals surface area (Å²) in [6, 6.07) is 0. The Morgan fingerprint density at radius 2 is 1.29 bits per heavy atom. The zero-order valence-corrected chi connectivity index (χ0v) is 12.2. The van der Waals surface area contributed by atoms with E-state index in [1.165, 1.54) is 16.2 Å². The van der Waals surface area contributed by atoms with E-state index in [-0.39, 0.29) is 11.1 Å². The monoisotopic (exact) mass is 325 g/mol. The van der Waals surface area contributed by atoms with E-state index in [0.717, 1.165) is 10.7 Å². The van der Waals surface area contributed by atoms with Gasteiger partial charge in [0.15, 0.2) is 0 Å². The molecule has 2 nitrogen and oxygen atoms in total. The fourth-order valence-electron chi connectivity index (χ4n) is 2.18. The zero-order chi connectivity index (χ0) is 11.1. The first kappa shape index (κ1) is 12.7. The Bertz CT molecular complexity index is 245. The molecule has 0 radical (unpaired) electrons. The van der Waals surface area contributed by atoms with Crippen LogP contribution in [0.1, 0.15) is 27.7 Å². The van der Waals surface area contributed by atoms with Crippen molar-refractivity contribution in [1.29, 1.82) is 0 Å². The fourth-order valence-corrected chi connectivity index (χ4v) is 4.23. The first-order valence-corrected chi connectivity index (χ1v) is 6.88. The molecule has 1 aliphatic rings. The largest absolute Gasteiger partial charge is 0.312 e. The van der Waals surface area contributed by atoms with Crippen molar-refractivity contribution in [3.8, 4) is 0 Å². The van der Waals surface area contributed by atoms with Gasteiger partial charge in [-0.3, -0.25) is 0 Å². The Morgan fingerprint density at radius 1 is 1.00 bits per heavy atom. The summed E-state index contributed by atoms with van der Waals surface area (Å²) in [6.07, 6.45) is 0. The van der Waals surface area contributed by atoms with Crippen LogP contribution in [0, 0.1) is 0 Å².